The molecule has 2 N–H and O–H groups in total. The fourth-order valence-electron chi connectivity index (χ4n) is 6.92. The molecular weight excluding hydrogens is 771 g/mol. The molecule has 10 heterocycles. The first-order valence-electron chi connectivity index (χ1n) is 19.7. The third kappa shape index (κ3) is 8.88. The van der Waals surface area contributed by atoms with Crippen molar-refractivity contribution in [1.82, 2.24) is 59.9 Å². The minimum atomic E-state index is 0.129. The zero-order valence-corrected chi connectivity index (χ0v) is 33.4. The average Bonchev–Trinajstić information content (AvgIpc) is 4.11. The second-order valence-electron chi connectivity index (χ2n) is 14.5. The van der Waals surface area contributed by atoms with E-state index < -0.39 is 0 Å². The largest absolute Gasteiger partial charge is 0.460 e. The Balaban J connectivity index is 0.000000154. The number of pyridine rings is 2. The smallest absolute Gasteiger partial charge is 0.222 e. The summed E-state index contributed by atoms with van der Waals surface area (Å²) in [7, 11) is 0. The Hall–Kier alpha value is -6.54. The summed E-state index contributed by atoms with van der Waals surface area (Å²) in [5, 5.41) is 17.1. The van der Waals surface area contributed by atoms with E-state index in [0.29, 0.717) is 90.6 Å². The van der Waals surface area contributed by atoms with E-state index in [1.54, 1.807) is 9.36 Å². The molecule has 0 saturated carbocycles. The summed E-state index contributed by atoms with van der Waals surface area (Å²) in [4.78, 5) is 27.1. The Bertz CT molecular complexity index is 2540. The Labute approximate surface area is 343 Å². The molecular formula is C41H43N13O6. The summed E-state index contributed by atoms with van der Waals surface area (Å²) in [5.41, 5.74) is 12.8. The van der Waals surface area contributed by atoms with Crippen LogP contribution in [-0.2, 0) is 45.3 Å². The van der Waals surface area contributed by atoms with E-state index in [1.165, 1.54) is 0 Å². The summed E-state index contributed by atoms with van der Waals surface area (Å²) < 4.78 is 37.3. The highest BCUT2D eigenvalue weighted by molar-refractivity contribution is 5.86. The minimum Gasteiger partial charge on any atom is -0.460 e. The Morgan fingerprint density at radius 2 is 1.10 bits per heavy atom. The van der Waals surface area contributed by atoms with Gasteiger partial charge in [0.1, 0.15) is 28.7 Å². The van der Waals surface area contributed by atoms with Gasteiger partial charge in [-0.3, -0.25) is 9.97 Å². The van der Waals surface area contributed by atoms with Crippen molar-refractivity contribution in [2.75, 3.05) is 32.2 Å². The number of nitrogens with two attached hydrogens (primary N) is 1. The van der Waals surface area contributed by atoms with E-state index in [9.17, 15) is 0 Å². The first kappa shape index (κ1) is 38.9. The summed E-state index contributed by atoms with van der Waals surface area (Å²) >= 11 is 0. The maximum atomic E-state index is 5.94. The lowest BCUT2D eigenvalue weighted by molar-refractivity contribution is 0.0300. The molecule has 0 aliphatic carbocycles. The van der Waals surface area contributed by atoms with Gasteiger partial charge in [-0.15, -0.1) is 10.2 Å². The molecule has 0 bridgehead atoms. The first-order valence-corrected chi connectivity index (χ1v) is 19.7. The van der Waals surface area contributed by atoms with Crippen molar-refractivity contribution in [2.24, 2.45) is 0 Å². The molecule has 2 fully saturated rings. The van der Waals surface area contributed by atoms with Gasteiger partial charge in [0.25, 0.3) is 0 Å². The molecule has 2 saturated heterocycles. The lowest BCUT2D eigenvalue weighted by atomic mass is 10.2. The second kappa shape index (κ2) is 17.4. The molecule has 0 amide bonds. The molecule has 2 aliphatic heterocycles. The molecule has 8 aromatic heterocycles. The van der Waals surface area contributed by atoms with Crippen LogP contribution in [0.3, 0.4) is 0 Å². The molecule has 2 unspecified atom stereocenters. The predicted octanol–water partition coefficient (Wildman–Crippen LogP) is 4.97. The van der Waals surface area contributed by atoms with Gasteiger partial charge in [0.2, 0.25) is 5.95 Å². The lowest BCUT2D eigenvalue weighted by Gasteiger charge is -2.10. The standard InChI is InChI=1S/C21H22N6O3.C20H21N7O3/c1-13-6-7-18(30-13)19-20-21(23-14(2)22-19)27(26-25-20)10-15-4-3-5-16(24-15)11-29-17-8-9-28-12-17;1-12-5-6-16(30-12)17-18-19(24-20(21)23-17)27(26-25-18)9-13-3-2-4-14(22-13)10-29-15-7-8-28-11-15/h3-7,17H,8-12H2,1-2H3;2-6,15H,7-11H2,1H3,(H2,21,23,24). The van der Waals surface area contributed by atoms with Crippen LogP contribution in [0.15, 0.2) is 69.5 Å². The zero-order chi connectivity index (χ0) is 41.0. The number of rotatable bonds is 12. The van der Waals surface area contributed by atoms with Crippen LogP contribution in [0, 0.1) is 20.8 Å². The fourth-order valence-corrected chi connectivity index (χ4v) is 6.92. The van der Waals surface area contributed by atoms with Crippen molar-refractivity contribution in [2.45, 2.75) is 72.1 Å². The molecule has 0 aromatic carbocycles. The number of nitrogen functional groups attached to an aromatic ring is 1. The van der Waals surface area contributed by atoms with Crippen LogP contribution >= 0.6 is 0 Å². The van der Waals surface area contributed by atoms with Crippen molar-refractivity contribution >= 4 is 28.3 Å². The number of aromatic nitrogens is 12. The van der Waals surface area contributed by atoms with Gasteiger partial charge in [0.15, 0.2) is 33.8 Å². The third-order valence-electron chi connectivity index (χ3n) is 9.86. The van der Waals surface area contributed by atoms with E-state index >= 15 is 0 Å². The molecule has 0 radical (unpaired) electrons. The number of hydrogen-bond donors (Lipinski definition) is 1. The van der Waals surface area contributed by atoms with Gasteiger partial charge in [0, 0.05) is 13.2 Å². The fraction of sp³-hybridized carbons (Fsp3) is 0.366. The van der Waals surface area contributed by atoms with E-state index in [2.05, 4.69) is 45.5 Å². The van der Waals surface area contributed by atoms with Crippen molar-refractivity contribution in [3.8, 4) is 22.9 Å². The first-order chi connectivity index (χ1) is 29.3. The number of aryl methyl sites for hydroxylation is 3. The van der Waals surface area contributed by atoms with Gasteiger partial charge < -0.3 is 33.5 Å². The molecule has 0 spiro atoms. The van der Waals surface area contributed by atoms with Crippen LogP contribution < -0.4 is 5.73 Å². The van der Waals surface area contributed by atoms with Crippen LogP contribution in [0.25, 0.3) is 45.2 Å². The molecule has 19 nitrogen and oxygen atoms in total. The molecule has 8 aromatic rings. The van der Waals surface area contributed by atoms with Crippen molar-refractivity contribution in [3.05, 3.63) is 101 Å². The van der Waals surface area contributed by atoms with Crippen LogP contribution in [0.5, 0.6) is 0 Å². The van der Waals surface area contributed by atoms with Crippen molar-refractivity contribution in [3.63, 3.8) is 0 Å². The number of furan rings is 2. The van der Waals surface area contributed by atoms with E-state index in [4.69, 9.17) is 38.5 Å². The van der Waals surface area contributed by atoms with Gasteiger partial charge in [-0.05, 0) is 82.1 Å². The Kier molecular flexibility index (Phi) is 11.3. The number of anilines is 1. The number of fused-ring (bicyclic) bond motifs is 2. The van der Waals surface area contributed by atoms with Crippen LogP contribution in [-0.4, -0.2) is 98.5 Å². The summed E-state index contributed by atoms with van der Waals surface area (Å²) in [6, 6.07) is 19.2. The monoisotopic (exact) mass is 813 g/mol. The summed E-state index contributed by atoms with van der Waals surface area (Å²) in [6.07, 6.45) is 2.14. The molecule has 10 rings (SSSR count). The Morgan fingerprint density at radius 3 is 1.58 bits per heavy atom. The van der Waals surface area contributed by atoms with E-state index in [-0.39, 0.29) is 18.2 Å². The number of ether oxygens (including phenoxy) is 4. The highest BCUT2D eigenvalue weighted by Crippen LogP contribution is 2.28. The summed E-state index contributed by atoms with van der Waals surface area (Å²) in [6.45, 7) is 10.2. The number of hydrogen-bond acceptors (Lipinski definition) is 17. The molecule has 60 heavy (non-hydrogen) atoms. The van der Waals surface area contributed by atoms with Crippen LogP contribution in [0.4, 0.5) is 5.95 Å². The number of nitrogens with zero attached hydrogens (tertiary/aromatic N) is 12. The predicted molar refractivity (Wildman–Crippen MR) is 215 cm³/mol. The van der Waals surface area contributed by atoms with Crippen LogP contribution in [0.1, 0.15) is 53.0 Å². The maximum Gasteiger partial charge on any atom is 0.222 e. The maximum absolute atomic E-state index is 5.94. The highest BCUT2D eigenvalue weighted by atomic mass is 16.5. The molecule has 2 atom stereocenters. The van der Waals surface area contributed by atoms with Crippen molar-refractivity contribution in [1.29, 1.82) is 0 Å². The van der Waals surface area contributed by atoms with Crippen LogP contribution in [0.2, 0.25) is 0 Å². The second-order valence-corrected chi connectivity index (χ2v) is 14.5. The van der Waals surface area contributed by atoms with Gasteiger partial charge in [-0.25, -0.2) is 24.3 Å². The quantitative estimate of drug-likeness (QED) is 0.172. The van der Waals surface area contributed by atoms with Gasteiger partial charge in [-0.1, -0.05) is 22.6 Å². The zero-order valence-electron chi connectivity index (χ0n) is 33.4. The van der Waals surface area contributed by atoms with Gasteiger partial charge in [-0.2, -0.15) is 4.98 Å². The SMILES string of the molecule is Cc1ccc(-c2nc(N)nc3c2nnn3Cc2cccc(COC3CCOC3)n2)o1.Cc1nc(-c2ccc(C)o2)c2nnn(Cc3cccc(COC4CCOC4)n3)c2n1. The summed E-state index contributed by atoms with van der Waals surface area (Å²) in [5.74, 6) is 3.58. The van der Waals surface area contributed by atoms with Crippen molar-refractivity contribution < 1.29 is 27.8 Å². The topological polar surface area (TPSA) is 228 Å². The lowest BCUT2D eigenvalue weighted by Crippen LogP contribution is -2.13. The Morgan fingerprint density at radius 1 is 0.600 bits per heavy atom. The van der Waals surface area contributed by atoms with Gasteiger partial charge >= 0.3 is 0 Å². The normalized spacial score (nSPS) is 16.5. The highest BCUT2D eigenvalue weighted by Gasteiger charge is 2.21. The van der Waals surface area contributed by atoms with E-state index in [0.717, 1.165) is 60.4 Å². The minimum absolute atomic E-state index is 0.129. The molecule has 19 heteroatoms. The molecule has 308 valence electrons. The average molecular weight is 814 g/mol. The van der Waals surface area contributed by atoms with E-state index in [1.807, 2.05) is 81.4 Å². The molecule has 2 aliphatic rings. The third-order valence-corrected chi connectivity index (χ3v) is 9.86. The van der Waals surface area contributed by atoms with Gasteiger partial charge in [0.05, 0.1) is 74.5 Å².